The zero-order valence-electron chi connectivity index (χ0n) is 18.3. The molecule has 8 nitrogen and oxygen atoms in total. The summed E-state index contributed by atoms with van der Waals surface area (Å²) in [5.41, 5.74) is 1.97. The molecule has 0 aliphatic carbocycles. The standard InChI is InChI=1S/C24H23ClN4O4S/c25-18-13-19-16(12-21(30)29(19)22(31)14-23(32)33)11-15(18)5-6-27-7-9-28(10-8-27)24-17-3-1-2-4-20(17)34-26-24/h1-4,11,13H,5-10,12,14H2,(H,32,33)/p-1. The molecule has 1 aromatic heterocycles. The zero-order valence-corrected chi connectivity index (χ0v) is 19.9. The Balaban J connectivity index is 1.21. The number of nitrogens with zero attached hydrogens (tertiary/aromatic N) is 4. The Morgan fingerprint density at radius 3 is 2.65 bits per heavy atom. The van der Waals surface area contributed by atoms with Crippen molar-refractivity contribution in [2.75, 3.05) is 42.5 Å². The smallest absolute Gasteiger partial charge is 0.239 e. The molecule has 0 spiro atoms. The summed E-state index contributed by atoms with van der Waals surface area (Å²) in [6, 6.07) is 11.7. The van der Waals surface area contributed by atoms with Crippen molar-refractivity contribution in [3.63, 3.8) is 0 Å². The maximum Gasteiger partial charge on any atom is 0.239 e. The molecule has 10 heteroatoms. The van der Waals surface area contributed by atoms with Crippen molar-refractivity contribution in [2.45, 2.75) is 19.3 Å². The van der Waals surface area contributed by atoms with Crippen LogP contribution in [0.25, 0.3) is 10.1 Å². The van der Waals surface area contributed by atoms with Gasteiger partial charge in [-0.25, -0.2) is 4.90 Å². The summed E-state index contributed by atoms with van der Waals surface area (Å²) in [6.45, 7) is 4.45. The molecule has 0 unspecified atom stereocenters. The Kier molecular flexibility index (Phi) is 6.24. The number of aliphatic carboxylic acids is 1. The SMILES string of the molecule is O=C([O-])CC(=O)N1C(=O)Cc2cc(CCN3CCN(c4nsc5ccccc45)CC3)c(Cl)cc21. The van der Waals surface area contributed by atoms with E-state index >= 15 is 0 Å². The summed E-state index contributed by atoms with van der Waals surface area (Å²) >= 11 is 8.01. The fraction of sp³-hybridized carbons (Fsp3) is 0.333. The summed E-state index contributed by atoms with van der Waals surface area (Å²) in [5, 5.41) is 12.4. The Bertz CT molecular complexity index is 1290. The van der Waals surface area contributed by atoms with E-state index in [4.69, 9.17) is 11.6 Å². The van der Waals surface area contributed by atoms with Crippen molar-refractivity contribution in [3.05, 3.63) is 52.5 Å². The van der Waals surface area contributed by atoms with E-state index in [0.717, 1.165) is 49.0 Å². The van der Waals surface area contributed by atoms with Gasteiger partial charge in [0.25, 0.3) is 0 Å². The fourth-order valence-electron chi connectivity index (χ4n) is 4.61. The van der Waals surface area contributed by atoms with Crippen LogP contribution in [-0.4, -0.2) is 59.8 Å². The van der Waals surface area contributed by atoms with Crippen LogP contribution >= 0.6 is 23.1 Å². The van der Waals surface area contributed by atoms with E-state index in [-0.39, 0.29) is 6.42 Å². The first-order valence-electron chi connectivity index (χ1n) is 11.1. The number of carbonyl (C=O) groups excluding carboxylic acids is 3. The molecule has 1 saturated heterocycles. The number of carboxylic acid groups (broad SMARTS) is 1. The van der Waals surface area contributed by atoms with Crippen molar-refractivity contribution >= 4 is 62.5 Å². The molecule has 3 aromatic rings. The van der Waals surface area contributed by atoms with Gasteiger partial charge in [-0.1, -0.05) is 29.8 Å². The molecule has 0 radical (unpaired) electrons. The molecule has 0 saturated carbocycles. The number of carbonyl (C=O) groups is 3. The second-order valence-corrected chi connectivity index (χ2v) is 9.71. The quantitative estimate of drug-likeness (QED) is 0.479. The van der Waals surface area contributed by atoms with Gasteiger partial charge in [-0.05, 0) is 47.3 Å². The molecular weight excluding hydrogens is 476 g/mol. The monoisotopic (exact) mass is 497 g/mol. The maximum atomic E-state index is 12.3. The van der Waals surface area contributed by atoms with Crippen LogP contribution in [0, 0.1) is 0 Å². The largest absolute Gasteiger partial charge is 0.550 e. The highest BCUT2D eigenvalue weighted by Crippen LogP contribution is 2.35. The maximum absolute atomic E-state index is 12.3. The van der Waals surface area contributed by atoms with E-state index in [0.29, 0.717) is 22.7 Å². The first-order chi connectivity index (χ1) is 16.4. The number of imide groups is 1. The molecule has 0 N–H and O–H groups in total. The predicted molar refractivity (Wildman–Crippen MR) is 129 cm³/mol. The summed E-state index contributed by atoms with van der Waals surface area (Å²) < 4.78 is 5.86. The number of piperazine rings is 1. The van der Waals surface area contributed by atoms with Crippen LogP contribution in [0.4, 0.5) is 11.5 Å². The normalized spacial score (nSPS) is 16.3. The highest BCUT2D eigenvalue weighted by Gasteiger charge is 2.33. The predicted octanol–water partition coefficient (Wildman–Crippen LogP) is 1.87. The van der Waals surface area contributed by atoms with Crippen LogP contribution in [0.3, 0.4) is 0 Å². The van der Waals surface area contributed by atoms with Gasteiger partial charge in [-0.3, -0.25) is 14.5 Å². The van der Waals surface area contributed by atoms with E-state index < -0.39 is 24.2 Å². The van der Waals surface area contributed by atoms with E-state index in [9.17, 15) is 19.5 Å². The average Bonchev–Trinajstić information content (AvgIpc) is 3.37. The first-order valence-corrected chi connectivity index (χ1v) is 12.2. The number of benzene rings is 2. The third-order valence-electron chi connectivity index (χ3n) is 6.35. The molecule has 2 aliphatic rings. The minimum atomic E-state index is -1.52. The lowest BCUT2D eigenvalue weighted by atomic mass is 10.1. The summed E-state index contributed by atoms with van der Waals surface area (Å²) in [6.07, 6.45) is -0.0707. The summed E-state index contributed by atoms with van der Waals surface area (Å²) in [7, 11) is 0. The molecule has 2 amide bonds. The third kappa shape index (κ3) is 4.38. The zero-order chi connectivity index (χ0) is 23.8. The van der Waals surface area contributed by atoms with Crippen LogP contribution < -0.4 is 14.9 Å². The fourth-order valence-corrected chi connectivity index (χ4v) is 5.66. The summed E-state index contributed by atoms with van der Waals surface area (Å²) in [5.74, 6) is -1.71. The minimum absolute atomic E-state index is 0.0541. The van der Waals surface area contributed by atoms with Gasteiger partial charge in [0.15, 0.2) is 0 Å². The number of rotatable bonds is 6. The highest BCUT2D eigenvalue weighted by atomic mass is 35.5. The van der Waals surface area contributed by atoms with Gasteiger partial charge in [0.1, 0.15) is 5.82 Å². The van der Waals surface area contributed by atoms with Gasteiger partial charge < -0.3 is 14.8 Å². The number of hydrogen-bond acceptors (Lipinski definition) is 8. The van der Waals surface area contributed by atoms with E-state index in [1.165, 1.54) is 21.6 Å². The van der Waals surface area contributed by atoms with Crippen LogP contribution in [0.2, 0.25) is 5.02 Å². The van der Waals surface area contributed by atoms with Crippen LogP contribution in [-0.2, 0) is 27.2 Å². The Hall–Kier alpha value is -3.01. The second-order valence-electron chi connectivity index (χ2n) is 8.50. The van der Waals surface area contributed by atoms with E-state index in [1.807, 2.05) is 18.2 Å². The number of carboxylic acids is 1. The lowest BCUT2D eigenvalue weighted by molar-refractivity contribution is -0.304. The highest BCUT2D eigenvalue weighted by molar-refractivity contribution is 7.13. The van der Waals surface area contributed by atoms with Gasteiger partial charge in [-0.2, -0.15) is 4.37 Å². The van der Waals surface area contributed by atoms with Gasteiger partial charge in [0.2, 0.25) is 11.8 Å². The van der Waals surface area contributed by atoms with Gasteiger partial charge >= 0.3 is 0 Å². The van der Waals surface area contributed by atoms with Crippen molar-refractivity contribution in [2.24, 2.45) is 0 Å². The molecule has 3 heterocycles. The van der Waals surface area contributed by atoms with Crippen LogP contribution in [0.15, 0.2) is 36.4 Å². The van der Waals surface area contributed by atoms with E-state index in [2.05, 4.69) is 26.3 Å². The van der Waals surface area contributed by atoms with Crippen LogP contribution in [0.5, 0.6) is 0 Å². The number of fused-ring (bicyclic) bond motifs is 2. The van der Waals surface area contributed by atoms with Crippen molar-refractivity contribution < 1.29 is 19.5 Å². The topological polar surface area (TPSA) is 96.9 Å². The Morgan fingerprint density at radius 2 is 1.88 bits per heavy atom. The average molecular weight is 498 g/mol. The molecule has 176 valence electrons. The number of amides is 2. The lowest BCUT2D eigenvalue weighted by Crippen LogP contribution is -2.47. The van der Waals surface area contributed by atoms with Gasteiger partial charge in [0.05, 0.1) is 29.2 Å². The third-order valence-corrected chi connectivity index (χ3v) is 7.52. The second kappa shape index (κ2) is 9.32. The molecule has 0 atom stereocenters. The van der Waals surface area contributed by atoms with Crippen molar-refractivity contribution in [1.82, 2.24) is 9.27 Å². The summed E-state index contributed by atoms with van der Waals surface area (Å²) in [4.78, 5) is 40.9. The van der Waals surface area contributed by atoms with E-state index in [1.54, 1.807) is 6.07 Å². The molecule has 0 bridgehead atoms. The number of halogens is 1. The number of aromatic nitrogens is 1. The molecule has 2 aliphatic heterocycles. The molecule has 2 aromatic carbocycles. The molecule has 34 heavy (non-hydrogen) atoms. The van der Waals surface area contributed by atoms with Crippen molar-refractivity contribution in [1.29, 1.82) is 0 Å². The molecule has 1 fully saturated rings. The van der Waals surface area contributed by atoms with Gasteiger partial charge in [-0.15, -0.1) is 0 Å². The van der Waals surface area contributed by atoms with Crippen molar-refractivity contribution in [3.8, 4) is 0 Å². The minimum Gasteiger partial charge on any atom is -0.550 e. The lowest BCUT2D eigenvalue weighted by Gasteiger charge is -2.35. The van der Waals surface area contributed by atoms with Crippen LogP contribution in [0.1, 0.15) is 17.5 Å². The first kappa shape index (κ1) is 22.8. The Morgan fingerprint density at radius 1 is 1.12 bits per heavy atom. The number of hydrogen-bond donors (Lipinski definition) is 0. The Labute approximate surface area is 205 Å². The van der Waals surface area contributed by atoms with Gasteiger partial charge in [0, 0.05) is 43.1 Å². The molecular formula is C24H22ClN4O4S-. The number of anilines is 2. The molecule has 5 rings (SSSR count).